The van der Waals surface area contributed by atoms with Gasteiger partial charge in [-0.05, 0) is 25.0 Å². The molecule has 1 unspecified atom stereocenters. The maximum Gasteiger partial charge on any atom is 0.225 e. The molecule has 0 radical (unpaired) electrons. The maximum absolute atomic E-state index is 12.9. The Morgan fingerprint density at radius 1 is 1.03 bits per heavy atom. The van der Waals surface area contributed by atoms with Gasteiger partial charge in [0.1, 0.15) is 5.75 Å². The van der Waals surface area contributed by atoms with Crippen LogP contribution >= 0.6 is 0 Å². The van der Waals surface area contributed by atoms with Gasteiger partial charge in [0.25, 0.3) is 0 Å². The fraction of sp³-hybridized carbons (Fsp3) is 0.731. The summed E-state index contributed by atoms with van der Waals surface area (Å²) in [6.45, 7) is 7.08. The van der Waals surface area contributed by atoms with Crippen LogP contribution < -0.4 is 9.64 Å². The van der Waals surface area contributed by atoms with Crippen molar-refractivity contribution in [2.75, 3.05) is 64.4 Å². The zero-order valence-electron chi connectivity index (χ0n) is 20.0. The summed E-state index contributed by atoms with van der Waals surface area (Å²) in [5.74, 6) is 1.08. The predicted molar refractivity (Wildman–Crippen MR) is 128 cm³/mol. The second-order valence-corrected chi connectivity index (χ2v) is 10.1. The zero-order chi connectivity index (χ0) is 22.7. The number of anilines is 1. The fourth-order valence-electron chi connectivity index (χ4n) is 5.99. The Hall–Kier alpha value is -1.83. The van der Waals surface area contributed by atoms with Gasteiger partial charge < -0.3 is 24.0 Å². The number of piperidine rings is 1. The van der Waals surface area contributed by atoms with Crippen molar-refractivity contribution in [1.82, 2.24) is 9.80 Å². The summed E-state index contributed by atoms with van der Waals surface area (Å²) in [6.07, 6.45) is 7.53. The molecule has 4 aliphatic rings. The summed E-state index contributed by atoms with van der Waals surface area (Å²) in [5.41, 5.74) is 1.17. The zero-order valence-corrected chi connectivity index (χ0v) is 20.0. The minimum atomic E-state index is -0.479. The van der Waals surface area contributed by atoms with Gasteiger partial charge >= 0.3 is 0 Å². The minimum absolute atomic E-state index is 0.114. The first-order valence-corrected chi connectivity index (χ1v) is 12.9. The molecule has 0 aromatic heterocycles. The van der Waals surface area contributed by atoms with Crippen LogP contribution in [-0.2, 0) is 14.3 Å². The van der Waals surface area contributed by atoms with E-state index in [0.717, 1.165) is 77.2 Å². The van der Waals surface area contributed by atoms with Crippen molar-refractivity contribution in [2.24, 2.45) is 5.92 Å². The van der Waals surface area contributed by atoms with Gasteiger partial charge in [-0.15, -0.1) is 0 Å². The molecular weight excluding hydrogens is 418 g/mol. The molecule has 5 rings (SSSR count). The maximum atomic E-state index is 12.9. The summed E-state index contributed by atoms with van der Waals surface area (Å²) < 4.78 is 18.2. The lowest BCUT2D eigenvalue weighted by Gasteiger charge is -2.40. The lowest BCUT2D eigenvalue weighted by Crippen LogP contribution is -2.50. The van der Waals surface area contributed by atoms with Crippen molar-refractivity contribution in [1.29, 1.82) is 0 Å². The van der Waals surface area contributed by atoms with E-state index >= 15 is 0 Å². The molecule has 0 N–H and O–H groups in total. The largest absolute Gasteiger partial charge is 0.495 e. The van der Waals surface area contributed by atoms with Crippen molar-refractivity contribution in [3.05, 3.63) is 24.3 Å². The number of carbonyl (C=O) groups excluding carboxylic acids is 1. The van der Waals surface area contributed by atoms with Gasteiger partial charge in [0, 0.05) is 64.6 Å². The predicted octanol–water partition coefficient (Wildman–Crippen LogP) is 3.13. The molecule has 7 heteroatoms. The number of para-hydroxylation sites is 2. The van der Waals surface area contributed by atoms with Crippen LogP contribution in [0.3, 0.4) is 0 Å². The van der Waals surface area contributed by atoms with Crippen LogP contribution in [0, 0.1) is 5.92 Å². The van der Waals surface area contributed by atoms with Crippen LogP contribution in [0.5, 0.6) is 5.75 Å². The number of nitrogens with zero attached hydrogens (tertiary/aromatic N) is 3. The van der Waals surface area contributed by atoms with E-state index in [0.29, 0.717) is 12.5 Å². The minimum Gasteiger partial charge on any atom is -0.495 e. The fourth-order valence-corrected chi connectivity index (χ4v) is 5.99. The van der Waals surface area contributed by atoms with Crippen molar-refractivity contribution < 1.29 is 19.0 Å². The molecule has 4 fully saturated rings. The number of benzene rings is 1. The molecule has 3 aliphatic heterocycles. The van der Waals surface area contributed by atoms with E-state index < -0.39 is 5.79 Å². The summed E-state index contributed by atoms with van der Waals surface area (Å²) in [5, 5.41) is 0. The molecule has 1 saturated carbocycles. The van der Waals surface area contributed by atoms with Gasteiger partial charge in [0.2, 0.25) is 5.91 Å². The molecular formula is C26H39N3O4. The number of carbonyl (C=O) groups is 1. The van der Waals surface area contributed by atoms with Gasteiger partial charge in [-0.25, -0.2) is 0 Å². The van der Waals surface area contributed by atoms with Crippen molar-refractivity contribution >= 4 is 11.6 Å². The Balaban J connectivity index is 1.07. The highest BCUT2D eigenvalue weighted by Gasteiger charge is 2.45. The first kappa shape index (κ1) is 22.9. The number of methoxy groups -OCH3 is 1. The highest BCUT2D eigenvalue weighted by Crippen LogP contribution is 2.36. The van der Waals surface area contributed by atoms with Crippen LogP contribution in [0.4, 0.5) is 5.69 Å². The van der Waals surface area contributed by atoms with Crippen LogP contribution in [0.15, 0.2) is 24.3 Å². The number of ether oxygens (including phenoxy) is 3. The molecule has 33 heavy (non-hydrogen) atoms. The smallest absolute Gasteiger partial charge is 0.225 e. The topological polar surface area (TPSA) is 54.5 Å². The number of hydrogen-bond donors (Lipinski definition) is 0. The van der Waals surface area contributed by atoms with Crippen LogP contribution in [0.1, 0.15) is 44.9 Å². The van der Waals surface area contributed by atoms with E-state index in [4.69, 9.17) is 14.2 Å². The Morgan fingerprint density at radius 3 is 2.48 bits per heavy atom. The number of amides is 1. The van der Waals surface area contributed by atoms with E-state index in [1.807, 2.05) is 12.1 Å². The lowest BCUT2D eigenvalue weighted by atomic mass is 9.87. The van der Waals surface area contributed by atoms with E-state index in [-0.39, 0.29) is 12.0 Å². The molecule has 1 aliphatic carbocycles. The number of piperazine rings is 1. The Bertz CT molecular complexity index is 796. The summed E-state index contributed by atoms with van der Waals surface area (Å²) in [7, 11) is 1.73. The average Bonchev–Trinajstić information content (AvgIpc) is 3.26. The second-order valence-electron chi connectivity index (χ2n) is 10.1. The van der Waals surface area contributed by atoms with Crippen LogP contribution in [-0.4, -0.2) is 87.1 Å². The van der Waals surface area contributed by atoms with Gasteiger partial charge in [-0.2, -0.15) is 0 Å². The standard InChI is InChI=1S/C26H39N3O4/c1-31-24-10-6-5-9-23(24)28-17-15-27(16-18-28)19-22-20-32-26(33-22)11-13-29(14-12-26)25(30)21-7-3-2-4-8-21/h5-6,9-10,21-22H,2-4,7-8,11-20H2,1H3. The van der Waals surface area contributed by atoms with E-state index in [1.54, 1.807) is 7.11 Å². The highest BCUT2D eigenvalue weighted by molar-refractivity contribution is 5.79. The monoisotopic (exact) mass is 457 g/mol. The molecule has 182 valence electrons. The molecule has 0 bridgehead atoms. The Kier molecular flexibility index (Phi) is 7.09. The molecule has 1 spiro atoms. The molecule has 1 amide bonds. The van der Waals surface area contributed by atoms with Gasteiger partial charge in [-0.1, -0.05) is 31.4 Å². The molecule has 3 saturated heterocycles. The molecule has 3 heterocycles. The third-order valence-electron chi connectivity index (χ3n) is 7.97. The number of rotatable bonds is 5. The summed E-state index contributed by atoms with van der Waals surface area (Å²) in [4.78, 5) is 19.8. The summed E-state index contributed by atoms with van der Waals surface area (Å²) in [6, 6.07) is 8.25. The third kappa shape index (κ3) is 5.15. The molecule has 1 aromatic carbocycles. The molecule has 1 aromatic rings. The Morgan fingerprint density at radius 2 is 1.76 bits per heavy atom. The van der Waals surface area contributed by atoms with Crippen LogP contribution in [0.25, 0.3) is 0 Å². The molecule has 7 nitrogen and oxygen atoms in total. The summed E-state index contributed by atoms with van der Waals surface area (Å²) >= 11 is 0. The lowest BCUT2D eigenvalue weighted by molar-refractivity contribution is -0.198. The first-order chi connectivity index (χ1) is 16.2. The average molecular weight is 458 g/mol. The van der Waals surface area contributed by atoms with Gasteiger partial charge in [0.15, 0.2) is 5.79 Å². The number of likely N-dealkylation sites (tertiary alicyclic amines) is 1. The SMILES string of the molecule is COc1ccccc1N1CCN(CC2COC3(CCN(C(=O)C4CCCCC4)CC3)O2)CC1. The highest BCUT2D eigenvalue weighted by atomic mass is 16.7. The quantitative estimate of drug-likeness (QED) is 0.677. The third-order valence-corrected chi connectivity index (χ3v) is 7.97. The van der Waals surface area contributed by atoms with E-state index in [2.05, 4.69) is 26.8 Å². The van der Waals surface area contributed by atoms with E-state index in [9.17, 15) is 4.79 Å². The van der Waals surface area contributed by atoms with Crippen LogP contribution in [0.2, 0.25) is 0 Å². The van der Waals surface area contributed by atoms with Gasteiger partial charge in [0.05, 0.1) is 25.5 Å². The van der Waals surface area contributed by atoms with Crippen molar-refractivity contribution in [3.63, 3.8) is 0 Å². The van der Waals surface area contributed by atoms with E-state index in [1.165, 1.54) is 24.9 Å². The van der Waals surface area contributed by atoms with Gasteiger partial charge in [-0.3, -0.25) is 9.69 Å². The first-order valence-electron chi connectivity index (χ1n) is 12.9. The van der Waals surface area contributed by atoms with Crippen molar-refractivity contribution in [3.8, 4) is 5.75 Å². The number of hydrogen-bond acceptors (Lipinski definition) is 6. The molecule has 1 atom stereocenters. The van der Waals surface area contributed by atoms with Crippen molar-refractivity contribution in [2.45, 2.75) is 56.8 Å². The normalized spacial score (nSPS) is 26.6. The Labute approximate surface area is 197 Å². The second kappa shape index (κ2) is 10.2.